The highest BCUT2D eigenvalue weighted by molar-refractivity contribution is 5.94. The van der Waals surface area contributed by atoms with Crippen LogP contribution in [-0.2, 0) is 0 Å². The van der Waals surface area contributed by atoms with Crippen LogP contribution in [-0.4, -0.2) is 23.5 Å². The highest BCUT2D eigenvalue weighted by Crippen LogP contribution is 2.02. The number of nitrogens with one attached hydrogen (secondary N) is 1. The summed E-state index contributed by atoms with van der Waals surface area (Å²) < 4.78 is 12.6. The number of benzene rings is 1. The maximum atomic E-state index is 12.6. The molecule has 1 aromatic rings. The first-order chi connectivity index (χ1) is 7.63. The van der Waals surface area contributed by atoms with E-state index in [9.17, 15) is 9.18 Å². The molecule has 4 N–H and O–H groups in total. The SMILES string of the molecule is NC(CCNC(=O)c1ccc(F)cc1)=NO. The maximum Gasteiger partial charge on any atom is 0.251 e. The number of oxime groups is 1. The molecule has 0 heterocycles. The lowest BCUT2D eigenvalue weighted by Crippen LogP contribution is -2.27. The molecule has 1 aromatic carbocycles. The summed E-state index contributed by atoms with van der Waals surface area (Å²) in [5, 5.41) is 13.6. The lowest BCUT2D eigenvalue weighted by Gasteiger charge is -2.04. The van der Waals surface area contributed by atoms with E-state index >= 15 is 0 Å². The van der Waals surface area contributed by atoms with Crippen LogP contribution >= 0.6 is 0 Å². The van der Waals surface area contributed by atoms with Crippen molar-refractivity contribution in [3.8, 4) is 0 Å². The average Bonchev–Trinajstić information content (AvgIpc) is 2.29. The topological polar surface area (TPSA) is 87.7 Å². The summed E-state index contributed by atoms with van der Waals surface area (Å²) in [4.78, 5) is 11.4. The number of nitrogens with two attached hydrogens (primary N) is 1. The van der Waals surface area contributed by atoms with E-state index in [1.54, 1.807) is 0 Å². The van der Waals surface area contributed by atoms with Crippen molar-refractivity contribution in [1.29, 1.82) is 0 Å². The first-order valence-corrected chi connectivity index (χ1v) is 4.63. The first kappa shape index (κ1) is 12.0. The molecule has 0 aromatic heterocycles. The normalized spacial score (nSPS) is 11.2. The molecule has 6 heteroatoms. The summed E-state index contributed by atoms with van der Waals surface area (Å²) in [6.07, 6.45) is 0.253. The summed E-state index contributed by atoms with van der Waals surface area (Å²) in [6, 6.07) is 5.18. The molecular weight excluding hydrogens is 213 g/mol. The van der Waals surface area contributed by atoms with Crippen molar-refractivity contribution in [2.24, 2.45) is 10.9 Å². The standard InChI is InChI=1S/C10H12FN3O2/c11-8-3-1-7(2-4-8)10(15)13-6-5-9(12)14-16/h1-4,16H,5-6H2,(H2,12,14)(H,13,15). The van der Waals surface area contributed by atoms with E-state index in [1.807, 2.05) is 0 Å². The third-order valence-electron chi connectivity index (χ3n) is 1.90. The molecule has 0 atom stereocenters. The van der Waals surface area contributed by atoms with Crippen LogP contribution in [0.3, 0.4) is 0 Å². The Hall–Kier alpha value is -2.11. The summed E-state index contributed by atoms with van der Waals surface area (Å²) in [5.41, 5.74) is 5.58. The fourth-order valence-corrected chi connectivity index (χ4v) is 1.06. The molecule has 0 aliphatic heterocycles. The molecule has 16 heavy (non-hydrogen) atoms. The second kappa shape index (κ2) is 5.69. The highest BCUT2D eigenvalue weighted by Gasteiger charge is 2.04. The van der Waals surface area contributed by atoms with Crippen LogP contribution in [0.2, 0.25) is 0 Å². The summed E-state index contributed by atoms with van der Waals surface area (Å²) in [6.45, 7) is 0.256. The molecule has 86 valence electrons. The van der Waals surface area contributed by atoms with Crippen molar-refractivity contribution < 1.29 is 14.4 Å². The zero-order chi connectivity index (χ0) is 12.0. The average molecular weight is 225 g/mol. The molecule has 0 saturated carbocycles. The zero-order valence-corrected chi connectivity index (χ0v) is 8.48. The van der Waals surface area contributed by atoms with Crippen molar-refractivity contribution in [2.75, 3.05) is 6.54 Å². The Morgan fingerprint density at radius 2 is 2.06 bits per heavy atom. The lowest BCUT2D eigenvalue weighted by molar-refractivity contribution is 0.0954. The Kier molecular flexibility index (Phi) is 4.26. The molecule has 1 amide bonds. The fourth-order valence-electron chi connectivity index (χ4n) is 1.06. The van der Waals surface area contributed by atoms with Crippen LogP contribution in [0.25, 0.3) is 0 Å². The first-order valence-electron chi connectivity index (χ1n) is 4.63. The molecule has 0 aliphatic rings. The van der Waals surface area contributed by atoms with Crippen LogP contribution in [0.1, 0.15) is 16.8 Å². The van der Waals surface area contributed by atoms with Gasteiger partial charge in [-0.05, 0) is 24.3 Å². The van der Waals surface area contributed by atoms with E-state index in [1.165, 1.54) is 24.3 Å². The summed E-state index contributed by atoms with van der Waals surface area (Å²) in [5.74, 6) is -0.682. The van der Waals surface area contributed by atoms with Gasteiger partial charge in [-0.1, -0.05) is 5.16 Å². The number of nitrogens with zero attached hydrogens (tertiary/aromatic N) is 1. The van der Waals surface area contributed by atoms with E-state index in [0.29, 0.717) is 5.56 Å². The molecule has 0 fully saturated rings. The number of halogens is 1. The van der Waals surface area contributed by atoms with Gasteiger partial charge in [0.1, 0.15) is 11.7 Å². The predicted octanol–water partition coefficient (Wildman–Crippen LogP) is 0.692. The molecule has 0 radical (unpaired) electrons. The third kappa shape index (κ3) is 3.56. The second-order valence-corrected chi connectivity index (χ2v) is 3.10. The smallest absolute Gasteiger partial charge is 0.251 e. The zero-order valence-electron chi connectivity index (χ0n) is 8.48. The van der Waals surface area contributed by atoms with Gasteiger partial charge in [0.25, 0.3) is 5.91 Å². The number of carbonyl (C=O) groups excluding carboxylic acids is 1. The molecule has 0 unspecified atom stereocenters. The van der Waals surface area contributed by atoms with Gasteiger partial charge >= 0.3 is 0 Å². The van der Waals surface area contributed by atoms with Gasteiger partial charge in [-0.25, -0.2) is 4.39 Å². The van der Waals surface area contributed by atoms with E-state index in [0.717, 1.165) is 0 Å². The van der Waals surface area contributed by atoms with E-state index < -0.39 is 5.82 Å². The minimum absolute atomic E-state index is 0.0411. The Labute approximate surface area is 91.8 Å². The quantitative estimate of drug-likeness (QED) is 0.305. The number of hydrogen-bond donors (Lipinski definition) is 3. The minimum atomic E-state index is -0.395. The largest absolute Gasteiger partial charge is 0.409 e. The molecule has 0 saturated heterocycles. The van der Waals surface area contributed by atoms with Crippen molar-refractivity contribution in [3.63, 3.8) is 0 Å². The number of amides is 1. The van der Waals surface area contributed by atoms with Gasteiger partial charge in [0.15, 0.2) is 0 Å². The van der Waals surface area contributed by atoms with Crippen LogP contribution < -0.4 is 11.1 Å². The Balaban J connectivity index is 2.44. The van der Waals surface area contributed by atoms with Gasteiger partial charge in [0, 0.05) is 18.5 Å². The fraction of sp³-hybridized carbons (Fsp3) is 0.200. The van der Waals surface area contributed by atoms with E-state index in [2.05, 4.69) is 10.5 Å². The number of rotatable bonds is 4. The third-order valence-corrected chi connectivity index (χ3v) is 1.90. The minimum Gasteiger partial charge on any atom is -0.409 e. The highest BCUT2D eigenvalue weighted by atomic mass is 19.1. The second-order valence-electron chi connectivity index (χ2n) is 3.10. The van der Waals surface area contributed by atoms with E-state index in [-0.39, 0.29) is 24.7 Å². The van der Waals surface area contributed by atoms with Gasteiger partial charge in [-0.2, -0.15) is 0 Å². The Morgan fingerprint density at radius 3 is 2.62 bits per heavy atom. The summed E-state index contributed by atoms with van der Waals surface area (Å²) >= 11 is 0. The summed E-state index contributed by atoms with van der Waals surface area (Å²) in [7, 11) is 0. The van der Waals surface area contributed by atoms with Crippen LogP contribution in [0.15, 0.2) is 29.4 Å². The van der Waals surface area contributed by atoms with Crippen LogP contribution in [0, 0.1) is 5.82 Å². The molecule has 5 nitrogen and oxygen atoms in total. The van der Waals surface area contributed by atoms with Crippen LogP contribution in [0.5, 0.6) is 0 Å². The molecule has 0 spiro atoms. The van der Waals surface area contributed by atoms with Crippen molar-refractivity contribution in [3.05, 3.63) is 35.6 Å². The lowest BCUT2D eigenvalue weighted by atomic mass is 10.2. The number of amidine groups is 1. The Morgan fingerprint density at radius 1 is 1.44 bits per heavy atom. The van der Waals surface area contributed by atoms with Crippen molar-refractivity contribution in [2.45, 2.75) is 6.42 Å². The van der Waals surface area contributed by atoms with Gasteiger partial charge in [0.2, 0.25) is 0 Å². The Bertz CT molecular complexity index is 390. The molecule has 0 bridgehead atoms. The molecule has 0 aliphatic carbocycles. The van der Waals surface area contributed by atoms with Crippen LogP contribution in [0.4, 0.5) is 4.39 Å². The van der Waals surface area contributed by atoms with Crippen molar-refractivity contribution in [1.82, 2.24) is 5.32 Å². The molecular formula is C10H12FN3O2. The van der Waals surface area contributed by atoms with E-state index in [4.69, 9.17) is 10.9 Å². The number of hydrogen-bond acceptors (Lipinski definition) is 3. The maximum absolute atomic E-state index is 12.6. The predicted molar refractivity (Wildman–Crippen MR) is 56.8 cm³/mol. The van der Waals surface area contributed by atoms with Gasteiger partial charge < -0.3 is 16.3 Å². The monoisotopic (exact) mass is 225 g/mol. The molecule has 1 rings (SSSR count). The van der Waals surface area contributed by atoms with Gasteiger partial charge in [0.05, 0.1) is 0 Å². The van der Waals surface area contributed by atoms with Gasteiger partial charge in [-0.15, -0.1) is 0 Å². The number of carbonyl (C=O) groups is 1. The van der Waals surface area contributed by atoms with Crippen molar-refractivity contribution >= 4 is 11.7 Å². The van der Waals surface area contributed by atoms with Gasteiger partial charge in [-0.3, -0.25) is 4.79 Å².